The Labute approximate surface area is 126 Å². The van der Waals surface area contributed by atoms with Crippen LogP contribution in [0, 0.1) is 6.92 Å². The van der Waals surface area contributed by atoms with Crippen LogP contribution >= 0.6 is 11.8 Å². The molecule has 0 bridgehead atoms. The molecule has 0 atom stereocenters. The first kappa shape index (κ1) is 13.8. The molecule has 0 aliphatic carbocycles. The van der Waals surface area contributed by atoms with Crippen molar-refractivity contribution in [2.75, 3.05) is 7.11 Å². The van der Waals surface area contributed by atoms with Gasteiger partial charge in [0.25, 0.3) is 0 Å². The minimum Gasteiger partial charge on any atom is -0.497 e. The van der Waals surface area contributed by atoms with E-state index in [9.17, 15) is 4.79 Å². The van der Waals surface area contributed by atoms with Crippen molar-refractivity contribution < 1.29 is 9.15 Å². The molecule has 0 unspecified atom stereocenters. The third-order valence-corrected chi connectivity index (χ3v) is 4.19. The Morgan fingerprint density at radius 3 is 2.57 bits per heavy atom. The third-order valence-electron chi connectivity index (χ3n) is 3.18. The van der Waals surface area contributed by atoms with Gasteiger partial charge >= 0.3 is 0 Å². The molecule has 0 N–H and O–H groups in total. The Hall–Kier alpha value is -2.20. The van der Waals surface area contributed by atoms with Crippen LogP contribution in [0.3, 0.4) is 0 Å². The van der Waals surface area contributed by atoms with E-state index in [-0.39, 0.29) is 5.43 Å². The highest BCUT2D eigenvalue weighted by atomic mass is 32.2. The predicted octanol–water partition coefficient (Wildman–Crippen LogP) is 4.26. The van der Waals surface area contributed by atoms with Crippen molar-refractivity contribution in [2.24, 2.45) is 0 Å². The van der Waals surface area contributed by atoms with Crippen molar-refractivity contribution in [2.45, 2.75) is 16.7 Å². The molecule has 1 heterocycles. The largest absolute Gasteiger partial charge is 0.497 e. The van der Waals surface area contributed by atoms with Crippen molar-refractivity contribution in [3.63, 3.8) is 0 Å². The summed E-state index contributed by atoms with van der Waals surface area (Å²) < 4.78 is 10.7. The molecule has 4 heteroatoms. The molecule has 0 aliphatic rings. The first-order valence-corrected chi connectivity index (χ1v) is 7.33. The molecular formula is C17H14O3S. The average molecular weight is 298 g/mol. The second-order valence-electron chi connectivity index (χ2n) is 4.71. The Bertz CT molecular complexity index is 835. The highest BCUT2D eigenvalue weighted by molar-refractivity contribution is 7.99. The topological polar surface area (TPSA) is 39.4 Å². The summed E-state index contributed by atoms with van der Waals surface area (Å²) in [7, 11) is 1.63. The van der Waals surface area contributed by atoms with E-state index in [4.69, 9.17) is 9.15 Å². The second-order valence-corrected chi connectivity index (χ2v) is 5.82. The van der Waals surface area contributed by atoms with Crippen LogP contribution in [0.25, 0.3) is 11.0 Å². The fraction of sp³-hybridized carbons (Fsp3) is 0.118. The lowest BCUT2D eigenvalue weighted by Crippen LogP contribution is -2.03. The zero-order chi connectivity index (χ0) is 14.8. The summed E-state index contributed by atoms with van der Waals surface area (Å²) in [6, 6.07) is 13.2. The molecule has 3 rings (SSSR count). The Balaban J connectivity index is 2.00. The van der Waals surface area contributed by atoms with E-state index in [1.54, 1.807) is 7.11 Å². The van der Waals surface area contributed by atoms with Gasteiger partial charge in [0.05, 0.1) is 17.4 Å². The number of methoxy groups -OCH3 is 1. The van der Waals surface area contributed by atoms with Crippen molar-refractivity contribution in [1.82, 2.24) is 0 Å². The van der Waals surface area contributed by atoms with Gasteiger partial charge in [0.1, 0.15) is 17.6 Å². The summed E-state index contributed by atoms with van der Waals surface area (Å²) in [6.45, 7) is 1.96. The average Bonchev–Trinajstić information content (AvgIpc) is 2.51. The van der Waals surface area contributed by atoms with E-state index < -0.39 is 0 Å². The first-order chi connectivity index (χ1) is 10.2. The molecule has 0 amide bonds. The first-order valence-electron chi connectivity index (χ1n) is 6.51. The molecule has 3 aromatic rings. The fourth-order valence-electron chi connectivity index (χ4n) is 2.07. The van der Waals surface area contributed by atoms with Gasteiger partial charge in [-0.3, -0.25) is 4.79 Å². The Morgan fingerprint density at radius 1 is 1.10 bits per heavy atom. The smallest absolute Gasteiger partial charge is 0.206 e. The van der Waals surface area contributed by atoms with Crippen LogP contribution < -0.4 is 10.2 Å². The van der Waals surface area contributed by atoms with E-state index in [1.807, 2.05) is 49.4 Å². The summed E-state index contributed by atoms with van der Waals surface area (Å²) in [6.07, 6.45) is 1.52. The number of hydrogen-bond donors (Lipinski definition) is 0. The highest BCUT2D eigenvalue weighted by Crippen LogP contribution is 2.28. The van der Waals surface area contributed by atoms with Crippen molar-refractivity contribution in [3.8, 4) is 5.75 Å². The maximum atomic E-state index is 12.5. The Morgan fingerprint density at radius 2 is 1.86 bits per heavy atom. The van der Waals surface area contributed by atoms with Gasteiger partial charge in [-0.2, -0.15) is 0 Å². The molecule has 0 fully saturated rings. The number of ether oxygens (including phenoxy) is 1. The second kappa shape index (κ2) is 5.66. The van der Waals surface area contributed by atoms with Crippen LogP contribution in [0.1, 0.15) is 5.56 Å². The van der Waals surface area contributed by atoms with Crippen LogP contribution in [0.15, 0.2) is 67.7 Å². The number of hydrogen-bond acceptors (Lipinski definition) is 4. The van der Waals surface area contributed by atoms with Crippen molar-refractivity contribution in [1.29, 1.82) is 0 Å². The number of fused-ring (bicyclic) bond motifs is 1. The quantitative estimate of drug-likeness (QED) is 0.724. The zero-order valence-corrected chi connectivity index (χ0v) is 12.6. The van der Waals surface area contributed by atoms with Crippen LogP contribution in [-0.2, 0) is 0 Å². The molecule has 2 aromatic carbocycles. The van der Waals surface area contributed by atoms with Gasteiger partial charge in [0.2, 0.25) is 5.43 Å². The summed E-state index contributed by atoms with van der Waals surface area (Å²) in [5.41, 5.74) is 1.66. The molecule has 1 aromatic heterocycles. The van der Waals surface area contributed by atoms with Crippen LogP contribution in [0.2, 0.25) is 0 Å². The highest BCUT2D eigenvalue weighted by Gasteiger charge is 2.09. The molecule has 3 nitrogen and oxygen atoms in total. The maximum Gasteiger partial charge on any atom is 0.206 e. The van der Waals surface area contributed by atoms with E-state index in [0.717, 1.165) is 16.2 Å². The summed E-state index contributed by atoms with van der Waals surface area (Å²) in [4.78, 5) is 14.1. The van der Waals surface area contributed by atoms with Crippen molar-refractivity contribution >= 4 is 22.7 Å². The predicted molar refractivity (Wildman–Crippen MR) is 84.3 cm³/mol. The summed E-state index contributed by atoms with van der Waals surface area (Å²) in [5.74, 6) is 0.792. The van der Waals surface area contributed by atoms with Crippen LogP contribution in [-0.4, -0.2) is 7.11 Å². The number of benzene rings is 2. The molecule has 0 saturated carbocycles. The lowest BCUT2D eigenvalue weighted by molar-refractivity contribution is 0.414. The molecule has 0 radical (unpaired) electrons. The van der Waals surface area contributed by atoms with Gasteiger partial charge in [0, 0.05) is 4.90 Å². The summed E-state index contributed by atoms with van der Waals surface area (Å²) >= 11 is 1.39. The van der Waals surface area contributed by atoms with Gasteiger partial charge in [-0.1, -0.05) is 23.4 Å². The van der Waals surface area contributed by atoms with Gasteiger partial charge in [-0.25, -0.2) is 0 Å². The normalized spacial score (nSPS) is 10.8. The molecular weight excluding hydrogens is 284 g/mol. The number of aryl methyl sites for hydroxylation is 1. The van der Waals surface area contributed by atoms with Crippen LogP contribution in [0.4, 0.5) is 0 Å². The molecule has 0 spiro atoms. The van der Waals surface area contributed by atoms with E-state index in [1.165, 1.54) is 18.0 Å². The SMILES string of the molecule is COc1ccc(Sc2coc3ccc(C)cc3c2=O)cc1. The molecule has 106 valence electrons. The molecule has 0 saturated heterocycles. The fourth-order valence-corrected chi connectivity index (χ4v) is 2.89. The number of rotatable bonds is 3. The standard InChI is InChI=1S/C17H14O3S/c1-11-3-8-15-14(9-11)17(18)16(10-20-15)21-13-6-4-12(19-2)5-7-13/h3-10H,1-2H3. The van der Waals surface area contributed by atoms with Gasteiger partial charge < -0.3 is 9.15 Å². The monoisotopic (exact) mass is 298 g/mol. The summed E-state index contributed by atoms with van der Waals surface area (Å²) in [5, 5.41) is 0.619. The van der Waals surface area contributed by atoms with E-state index in [0.29, 0.717) is 15.9 Å². The molecule has 21 heavy (non-hydrogen) atoms. The van der Waals surface area contributed by atoms with Gasteiger partial charge in [0.15, 0.2) is 0 Å². The van der Waals surface area contributed by atoms with E-state index >= 15 is 0 Å². The lowest BCUT2D eigenvalue weighted by atomic mass is 10.1. The van der Waals surface area contributed by atoms with Gasteiger partial charge in [-0.05, 0) is 43.3 Å². The lowest BCUT2D eigenvalue weighted by Gasteiger charge is -2.04. The van der Waals surface area contributed by atoms with E-state index in [2.05, 4.69) is 0 Å². The minimum absolute atomic E-state index is 0.000711. The Kier molecular flexibility index (Phi) is 3.71. The molecule has 0 aliphatic heterocycles. The van der Waals surface area contributed by atoms with Gasteiger partial charge in [-0.15, -0.1) is 0 Å². The third kappa shape index (κ3) is 2.81. The minimum atomic E-state index is 0.000711. The zero-order valence-electron chi connectivity index (χ0n) is 11.8. The van der Waals surface area contributed by atoms with Crippen LogP contribution in [0.5, 0.6) is 5.75 Å². The van der Waals surface area contributed by atoms with Crippen molar-refractivity contribution in [3.05, 3.63) is 64.5 Å². The maximum absolute atomic E-state index is 12.5.